The highest BCUT2D eigenvalue weighted by molar-refractivity contribution is 7.14. The fourth-order valence-electron chi connectivity index (χ4n) is 3.04. The standard InChI is InChI=1S/C22H20N4O4S/c1-12-17(9-14-8-15(29-3)4-6-18(14)24-12)21(28)26-22-25-19(11-31-22)20-7-5-16(30-20)10-23-13(2)27/h4-9,11H,10H2,1-3H3,(H,23,27)(H,25,26,28). The molecule has 3 heterocycles. The predicted molar refractivity (Wildman–Crippen MR) is 118 cm³/mol. The van der Waals surface area contributed by atoms with Crippen molar-refractivity contribution in [1.29, 1.82) is 0 Å². The van der Waals surface area contributed by atoms with Crippen LogP contribution in [0.1, 0.15) is 28.7 Å². The number of fused-ring (bicyclic) bond motifs is 1. The molecule has 0 spiro atoms. The third-order valence-electron chi connectivity index (χ3n) is 4.61. The first-order valence-electron chi connectivity index (χ1n) is 9.48. The van der Waals surface area contributed by atoms with Gasteiger partial charge in [-0.3, -0.25) is 19.9 Å². The van der Waals surface area contributed by atoms with E-state index in [0.29, 0.717) is 45.9 Å². The number of hydrogen-bond donors (Lipinski definition) is 2. The third-order valence-corrected chi connectivity index (χ3v) is 5.37. The number of benzene rings is 1. The van der Waals surface area contributed by atoms with Crippen molar-refractivity contribution in [3.63, 3.8) is 0 Å². The van der Waals surface area contributed by atoms with Crippen molar-refractivity contribution in [2.45, 2.75) is 20.4 Å². The van der Waals surface area contributed by atoms with Gasteiger partial charge >= 0.3 is 0 Å². The number of aromatic nitrogens is 2. The van der Waals surface area contributed by atoms with Gasteiger partial charge in [0.25, 0.3) is 5.91 Å². The van der Waals surface area contributed by atoms with Crippen LogP contribution in [0.2, 0.25) is 0 Å². The molecule has 4 aromatic rings. The van der Waals surface area contributed by atoms with Gasteiger partial charge in [0.1, 0.15) is 17.2 Å². The zero-order valence-electron chi connectivity index (χ0n) is 17.2. The molecule has 2 amide bonds. The van der Waals surface area contributed by atoms with Gasteiger partial charge in [0.2, 0.25) is 5.91 Å². The summed E-state index contributed by atoms with van der Waals surface area (Å²) in [6.07, 6.45) is 0. The highest BCUT2D eigenvalue weighted by Gasteiger charge is 2.16. The maximum absolute atomic E-state index is 12.9. The number of furan rings is 1. The minimum Gasteiger partial charge on any atom is -0.497 e. The maximum atomic E-state index is 12.9. The molecule has 158 valence electrons. The van der Waals surface area contributed by atoms with Gasteiger partial charge in [-0.1, -0.05) is 0 Å². The molecule has 8 nitrogen and oxygen atoms in total. The molecule has 0 atom stereocenters. The maximum Gasteiger partial charge on any atom is 0.259 e. The lowest BCUT2D eigenvalue weighted by Crippen LogP contribution is -2.18. The van der Waals surface area contributed by atoms with Crippen LogP contribution < -0.4 is 15.4 Å². The summed E-state index contributed by atoms with van der Waals surface area (Å²) >= 11 is 1.30. The second-order valence-corrected chi connectivity index (χ2v) is 7.71. The minimum absolute atomic E-state index is 0.131. The van der Waals surface area contributed by atoms with Crippen LogP contribution in [-0.2, 0) is 11.3 Å². The van der Waals surface area contributed by atoms with Gasteiger partial charge < -0.3 is 14.5 Å². The number of carbonyl (C=O) groups is 2. The summed E-state index contributed by atoms with van der Waals surface area (Å²) in [4.78, 5) is 32.8. The number of rotatable bonds is 6. The predicted octanol–water partition coefficient (Wildman–Crippen LogP) is 4.16. The SMILES string of the molecule is COc1ccc2nc(C)c(C(=O)Nc3nc(-c4ccc(CNC(C)=O)o4)cs3)cc2c1. The first-order valence-corrected chi connectivity index (χ1v) is 10.4. The topological polar surface area (TPSA) is 106 Å². The Kier molecular flexibility index (Phi) is 5.68. The van der Waals surface area contributed by atoms with Crippen LogP contribution in [0.4, 0.5) is 5.13 Å². The summed E-state index contributed by atoms with van der Waals surface area (Å²) in [5, 5.41) is 8.57. The van der Waals surface area contributed by atoms with E-state index >= 15 is 0 Å². The Morgan fingerprint density at radius 1 is 1.16 bits per heavy atom. The number of amides is 2. The molecular formula is C22H20N4O4S. The van der Waals surface area contributed by atoms with Gasteiger partial charge in [-0.05, 0) is 43.3 Å². The van der Waals surface area contributed by atoms with Crippen molar-refractivity contribution in [1.82, 2.24) is 15.3 Å². The Morgan fingerprint density at radius 2 is 2.00 bits per heavy atom. The molecule has 0 bridgehead atoms. The summed E-state index contributed by atoms with van der Waals surface area (Å²) in [6.45, 7) is 3.55. The van der Waals surface area contributed by atoms with E-state index in [2.05, 4.69) is 20.6 Å². The summed E-state index contributed by atoms with van der Waals surface area (Å²) in [5.41, 5.74) is 2.49. The molecule has 3 aromatic heterocycles. The lowest BCUT2D eigenvalue weighted by molar-refractivity contribution is -0.119. The first-order chi connectivity index (χ1) is 14.9. The van der Waals surface area contributed by atoms with Crippen LogP contribution in [0, 0.1) is 6.92 Å². The number of nitrogens with one attached hydrogen (secondary N) is 2. The minimum atomic E-state index is -0.290. The molecule has 0 aliphatic rings. The number of nitrogens with zero attached hydrogens (tertiary/aromatic N) is 2. The molecule has 0 unspecified atom stereocenters. The van der Waals surface area contributed by atoms with Crippen LogP contribution >= 0.6 is 11.3 Å². The number of pyridine rings is 1. The fraction of sp³-hybridized carbons (Fsp3) is 0.182. The molecule has 0 aliphatic heterocycles. The molecule has 0 fully saturated rings. The Morgan fingerprint density at radius 3 is 2.77 bits per heavy atom. The van der Waals surface area contributed by atoms with Crippen LogP contribution in [-0.4, -0.2) is 28.9 Å². The largest absolute Gasteiger partial charge is 0.497 e. The van der Waals surface area contributed by atoms with Crippen LogP contribution in [0.15, 0.2) is 46.2 Å². The summed E-state index contributed by atoms with van der Waals surface area (Å²) in [6, 6.07) is 10.9. The number of anilines is 1. The third kappa shape index (κ3) is 4.56. The lowest BCUT2D eigenvalue weighted by atomic mass is 10.1. The van der Waals surface area contributed by atoms with Gasteiger partial charge in [0.15, 0.2) is 10.9 Å². The van der Waals surface area contributed by atoms with E-state index in [0.717, 1.165) is 10.9 Å². The van der Waals surface area contributed by atoms with E-state index in [1.807, 2.05) is 18.2 Å². The van der Waals surface area contributed by atoms with Gasteiger partial charge in [0, 0.05) is 17.7 Å². The van der Waals surface area contributed by atoms with Crippen molar-refractivity contribution in [3.05, 3.63) is 58.8 Å². The second-order valence-electron chi connectivity index (χ2n) is 6.85. The molecule has 0 radical (unpaired) electrons. The van der Waals surface area contributed by atoms with Crippen molar-refractivity contribution >= 4 is 39.2 Å². The molecule has 2 N–H and O–H groups in total. The van der Waals surface area contributed by atoms with Gasteiger partial charge in [0.05, 0.1) is 30.4 Å². The van der Waals surface area contributed by atoms with Gasteiger partial charge in [-0.25, -0.2) is 4.98 Å². The average molecular weight is 436 g/mol. The summed E-state index contributed by atoms with van der Waals surface area (Å²) in [5.74, 6) is 1.46. The van der Waals surface area contributed by atoms with Crippen molar-refractivity contribution < 1.29 is 18.7 Å². The van der Waals surface area contributed by atoms with E-state index in [1.54, 1.807) is 37.6 Å². The first kappa shape index (κ1) is 20.5. The normalized spacial score (nSPS) is 10.8. The smallest absolute Gasteiger partial charge is 0.259 e. The Hall–Kier alpha value is -3.72. The highest BCUT2D eigenvalue weighted by atomic mass is 32.1. The number of hydrogen-bond acceptors (Lipinski definition) is 7. The Labute approximate surface area is 182 Å². The molecular weight excluding hydrogens is 416 g/mol. The zero-order chi connectivity index (χ0) is 22.0. The van der Waals surface area contributed by atoms with E-state index in [9.17, 15) is 9.59 Å². The van der Waals surface area contributed by atoms with Crippen LogP contribution in [0.3, 0.4) is 0 Å². The van der Waals surface area contributed by atoms with E-state index < -0.39 is 0 Å². The van der Waals surface area contributed by atoms with E-state index in [-0.39, 0.29) is 11.8 Å². The Bertz CT molecular complexity index is 1280. The second kappa shape index (κ2) is 8.57. The highest BCUT2D eigenvalue weighted by Crippen LogP contribution is 2.28. The number of carbonyl (C=O) groups excluding carboxylic acids is 2. The van der Waals surface area contributed by atoms with Crippen molar-refractivity contribution in [2.75, 3.05) is 12.4 Å². The zero-order valence-corrected chi connectivity index (χ0v) is 18.0. The van der Waals surface area contributed by atoms with Crippen LogP contribution in [0.25, 0.3) is 22.4 Å². The molecule has 0 saturated heterocycles. The number of thiazole rings is 1. The quantitative estimate of drug-likeness (QED) is 0.470. The van der Waals surface area contributed by atoms with E-state index in [1.165, 1.54) is 18.3 Å². The van der Waals surface area contributed by atoms with Crippen molar-refractivity contribution in [2.24, 2.45) is 0 Å². The van der Waals surface area contributed by atoms with Gasteiger partial charge in [-0.2, -0.15) is 0 Å². The monoisotopic (exact) mass is 436 g/mol. The number of aryl methyl sites for hydroxylation is 1. The molecule has 0 saturated carbocycles. The summed E-state index contributed by atoms with van der Waals surface area (Å²) < 4.78 is 11.0. The Balaban J connectivity index is 1.51. The van der Waals surface area contributed by atoms with Crippen molar-refractivity contribution in [3.8, 4) is 17.2 Å². The summed E-state index contributed by atoms with van der Waals surface area (Å²) in [7, 11) is 1.60. The molecule has 1 aromatic carbocycles. The van der Waals surface area contributed by atoms with Crippen LogP contribution in [0.5, 0.6) is 5.75 Å². The average Bonchev–Trinajstić information content (AvgIpc) is 3.40. The molecule has 9 heteroatoms. The molecule has 0 aliphatic carbocycles. The van der Waals surface area contributed by atoms with Gasteiger partial charge in [-0.15, -0.1) is 11.3 Å². The molecule has 4 rings (SSSR count). The fourth-order valence-corrected chi connectivity index (χ4v) is 3.73. The number of methoxy groups -OCH3 is 1. The van der Waals surface area contributed by atoms with E-state index in [4.69, 9.17) is 9.15 Å². The molecule has 31 heavy (non-hydrogen) atoms. The lowest BCUT2D eigenvalue weighted by Gasteiger charge is -2.08. The number of ether oxygens (including phenoxy) is 1.